The van der Waals surface area contributed by atoms with Gasteiger partial charge in [0.2, 0.25) is 5.91 Å². The number of anilines is 1. The van der Waals surface area contributed by atoms with E-state index >= 15 is 0 Å². The summed E-state index contributed by atoms with van der Waals surface area (Å²) in [5.41, 5.74) is 4.82. The van der Waals surface area contributed by atoms with Crippen LogP contribution in [0.2, 0.25) is 0 Å². The van der Waals surface area contributed by atoms with Crippen LogP contribution in [0.3, 0.4) is 0 Å². The van der Waals surface area contributed by atoms with Gasteiger partial charge in [0.1, 0.15) is 0 Å². The van der Waals surface area contributed by atoms with Crippen molar-refractivity contribution in [3.05, 3.63) is 59.2 Å². The average Bonchev–Trinajstić information content (AvgIpc) is 2.69. The number of aryl methyl sites for hydroxylation is 2. The molecular weight excluding hydrogens is 384 g/mol. The molecule has 0 aliphatic carbocycles. The Balaban J connectivity index is 0.000000317. The van der Waals surface area contributed by atoms with Crippen molar-refractivity contribution in [2.75, 3.05) is 31.6 Å². The van der Waals surface area contributed by atoms with Crippen molar-refractivity contribution < 1.29 is 15.0 Å². The molecule has 0 spiro atoms. The van der Waals surface area contributed by atoms with Gasteiger partial charge in [0.15, 0.2) is 0 Å². The number of nitrogens with one attached hydrogen (secondary N) is 2. The minimum Gasteiger partial charge on any atom is -0.397 e. The molecule has 0 unspecified atom stereocenters. The van der Waals surface area contributed by atoms with Crippen molar-refractivity contribution in [3.8, 4) is 0 Å². The van der Waals surface area contributed by atoms with Gasteiger partial charge in [-0.15, -0.1) is 12.6 Å². The molecule has 2 aromatic rings. The first kappa shape index (κ1) is 25.0. The largest absolute Gasteiger partial charge is 0.397 e. The number of aliphatic hydroxyl groups excluding tert-OH is 2. The molecule has 0 saturated heterocycles. The Kier molecular flexibility index (Phi) is 12.9. The first-order valence-electron chi connectivity index (χ1n) is 10.1. The Hall–Kier alpha value is -2.02. The van der Waals surface area contributed by atoms with Gasteiger partial charge in [-0.2, -0.15) is 0 Å². The Morgan fingerprint density at radius 2 is 1.97 bits per heavy atom. The fourth-order valence-electron chi connectivity index (χ4n) is 2.82. The summed E-state index contributed by atoms with van der Waals surface area (Å²) in [7, 11) is 0. The van der Waals surface area contributed by atoms with E-state index in [1.165, 1.54) is 16.8 Å². The Bertz CT molecular complexity index is 721. The van der Waals surface area contributed by atoms with Crippen molar-refractivity contribution in [2.24, 2.45) is 0 Å². The Morgan fingerprint density at radius 1 is 1.21 bits per heavy atom. The normalized spacial score (nSPS) is 11.6. The van der Waals surface area contributed by atoms with Crippen LogP contribution < -0.4 is 10.6 Å². The van der Waals surface area contributed by atoms with E-state index in [9.17, 15) is 4.79 Å². The number of benzene rings is 2. The van der Waals surface area contributed by atoms with E-state index in [4.69, 9.17) is 10.2 Å². The predicted octanol–water partition coefficient (Wildman–Crippen LogP) is 3.37. The highest BCUT2D eigenvalue weighted by Gasteiger charge is 2.10. The summed E-state index contributed by atoms with van der Waals surface area (Å²) in [6.45, 7) is 5.68. The zero-order valence-electron chi connectivity index (χ0n) is 17.4. The standard InChI is InChI=1S/C14H20N2O2.C7H8S.C2H6O/c17-8-2-7-16-14(18)10-11-4-5-13-12(9-11)3-1-6-15-13;1-6-3-2-4-7(8)5-6;1-2-3/h4-5,9,15,17H,1-3,6-8,10H2,(H,16,18);2-5,8H,1H3;3H,2H2,1H3. The molecule has 0 radical (unpaired) electrons. The van der Waals surface area contributed by atoms with Crippen LogP contribution in [-0.4, -0.2) is 42.4 Å². The molecule has 1 amide bonds. The van der Waals surface area contributed by atoms with Crippen LogP contribution in [0.25, 0.3) is 0 Å². The molecule has 0 atom stereocenters. The molecule has 0 aromatic heterocycles. The third-order valence-electron chi connectivity index (χ3n) is 4.13. The second-order valence-electron chi connectivity index (χ2n) is 6.78. The fourth-order valence-corrected chi connectivity index (χ4v) is 3.11. The van der Waals surface area contributed by atoms with E-state index in [0.29, 0.717) is 19.4 Å². The summed E-state index contributed by atoms with van der Waals surface area (Å²) in [4.78, 5) is 12.7. The molecule has 0 bridgehead atoms. The number of carbonyl (C=O) groups excluding carboxylic acids is 1. The molecule has 1 heterocycles. The fraction of sp³-hybridized carbons (Fsp3) is 0.435. The minimum atomic E-state index is 0.0205. The number of fused-ring (bicyclic) bond motifs is 1. The third-order valence-corrected chi connectivity index (χ3v) is 4.41. The lowest BCUT2D eigenvalue weighted by Crippen LogP contribution is -2.26. The molecule has 6 heteroatoms. The molecular formula is C23H34N2O3S. The predicted molar refractivity (Wildman–Crippen MR) is 123 cm³/mol. The second-order valence-corrected chi connectivity index (χ2v) is 7.30. The molecule has 4 N–H and O–H groups in total. The van der Waals surface area contributed by atoms with Gasteiger partial charge in [-0.25, -0.2) is 0 Å². The molecule has 160 valence electrons. The SMILES string of the molecule is CCO.Cc1cccc(S)c1.O=C(Cc1ccc2c(c1)CCCN2)NCCCO. The molecule has 29 heavy (non-hydrogen) atoms. The van der Waals surface area contributed by atoms with Crippen LogP contribution in [0.1, 0.15) is 36.5 Å². The van der Waals surface area contributed by atoms with Crippen LogP contribution in [0, 0.1) is 6.92 Å². The minimum absolute atomic E-state index is 0.0205. The van der Waals surface area contributed by atoms with Gasteiger partial charge in [0.25, 0.3) is 0 Å². The van der Waals surface area contributed by atoms with E-state index < -0.39 is 0 Å². The quantitative estimate of drug-likeness (QED) is 0.381. The van der Waals surface area contributed by atoms with Crippen molar-refractivity contribution >= 4 is 24.2 Å². The lowest BCUT2D eigenvalue weighted by Gasteiger charge is -2.18. The van der Waals surface area contributed by atoms with Crippen molar-refractivity contribution in [1.29, 1.82) is 0 Å². The maximum absolute atomic E-state index is 11.6. The molecule has 1 aliphatic rings. The summed E-state index contributed by atoms with van der Waals surface area (Å²) in [6, 6.07) is 14.2. The molecule has 0 saturated carbocycles. The first-order chi connectivity index (χ1) is 14.0. The highest BCUT2D eigenvalue weighted by atomic mass is 32.1. The lowest BCUT2D eigenvalue weighted by atomic mass is 9.99. The van der Waals surface area contributed by atoms with Gasteiger partial charge in [-0.1, -0.05) is 29.8 Å². The Morgan fingerprint density at radius 3 is 2.59 bits per heavy atom. The zero-order chi connectivity index (χ0) is 21.5. The number of carbonyl (C=O) groups is 1. The number of thiol groups is 1. The van der Waals surface area contributed by atoms with Crippen LogP contribution in [0.5, 0.6) is 0 Å². The number of hydrogen-bond donors (Lipinski definition) is 5. The first-order valence-corrected chi connectivity index (χ1v) is 10.5. The van der Waals surface area contributed by atoms with E-state index in [1.54, 1.807) is 6.92 Å². The van der Waals surface area contributed by atoms with Gasteiger partial charge >= 0.3 is 0 Å². The molecule has 5 nitrogen and oxygen atoms in total. The summed E-state index contributed by atoms with van der Waals surface area (Å²) < 4.78 is 0. The second kappa shape index (κ2) is 14.9. The van der Waals surface area contributed by atoms with Crippen LogP contribution in [-0.2, 0) is 17.6 Å². The maximum Gasteiger partial charge on any atom is 0.224 e. The maximum atomic E-state index is 11.6. The van der Waals surface area contributed by atoms with Crippen LogP contribution >= 0.6 is 12.6 Å². The molecule has 0 fully saturated rings. The van der Waals surface area contributed by atoms with E-state index in [-0.39, 0.29) is 19.1 Å². The third kappa shape index (κ3) is 10.9. The topological polar surface area (TPSA) is 81.6 Å². The van der Waals surface area contributed by atoms with Crippen LogP contribution in [0.15, 0.2) is 47.4 Å². The van der Waals surface area contributed by atoms with Gasteiger partial charge < -0.3 is 20.8 Å². The Labute approximate surface area is 180 Å². The summed E-state index contributed by atoms with van der Waals surface area (Å²) in [5, 5.41) is 22.4. The van der Waals surface area contributed by atoms with Crippen LogP contribution in [0.4, 0.5) is 5.69 Å². The lowest BCUT2D eigenvalue weighted by molar-refractivity contribution is -0.120. The van der Waals surface area contributed by atoms with Gasteiger partial charge in [0, 0.05) is 36.9 Å². The number of rotatable bonds is 5. The number of amides is 1. The van der Waals surface area contributed by atoms with Gasteiger partial charge in [-0.05, 0) is 62.4 Å². The molecule has 3 rings (SSSR count). The smallest absolute Gasteiger partial charge is 0.224 e. The summed E-state index contributed by atoms with van der Waals surface area (Å²) in [5.74, 6) is 0.0205. The molecule has 2 aromatic carbocycles. The monoisotopic (exact) mass is 418 g/mol. The highest BCUT2D eigenvalue weighted by molar-refractivity contribution is 7.80. The van der Waals surface area contributed by atoms with E-state index in [0.717, 1.165) is 29.8 Å². The highest BCUT2D eigenvalue weighted by Crippen LogP contribution is 2.23. The van der Waals surface area contributed by atoms with Gasteiger partial charge in [0.05, 0.1) is 6.42 Å². The van der Waals surface area contributed by atoms with Gasteiger partial charge in [-0.3, -0.25) is 4.79 Å². The average molecular weight is 419 g/mol. The van der Waals surface area contributed by atoms with E-state index in [2.05, 4.69) is 48.4 Å². The number of aliphatic hydroxyl groups is 2. The zero-order valence-corrected chi connectivity index (χ0v) is 18.3. The summed E-state index contributed by atoms with van der Waals surface area (Å²) >= 11 is 4.15. The van der Waals surface area contributed by atoms with Crippen molar-refractivity contribution in [2.45, 2.75) is 44.4 Å². The van der Waals surface area contributed by atoms with E-state index in [1.807, 2.05) is 24.3 Å². The van der Waals surface area contributed by atoms with Crippen molar-refractivity contribution in [1.82, 2.24) is 5.32 Å². The van der Waals surface area contributed by atoms with Crippen molar-refractivity contribution in [3.63, 3.8) is 0 Å². The number of hydrogen-bond acceptors (Lipinski definition) is 5. The molecule has 1 aliphatic heterocycles. The summed E-state index contributed by atoms with van der Waals surface area (Å²) in [6.07, 6.45) is 3.26.